The molecule has 1 heterocycles. The van der Waals surface area contributed by atoms with Crippen molar-refractivity contribution in [2.75, 3.05) is 14.1 Å². The molecule has 0 aliphatic rings. The van der Waals surface area contributed by atoms with Crippen molar-refractivity contribution in [3.63, 3.8) is 0 Å². The molecule has 18 heavy (non-hydrogen) atoms. The molecule has 1 amide bonds. The lowest BCUT2D eigenvalue weighted by molar-refractivity contribution is 0.0827. The number of hydrogen-bond acceptors (Lipinski definition) is 3. The van der Waals surface area contributed by atoms with Gasteiger partial charge in [-0.3, -0.25) is 4.79 Å². The molecule has 1 aromatic carbocycles. The van der Waals surface area contributed by atoms with E-state index in [2.05, 4.69) is 4.98 Å². The van der Waals surface area contributed by atoms with Gasteiger partial charge in [0.25, 0.3) is 5.91 Å². The molecule has 0 spiro atoms. The summed E-state index contributed by atoms with van der Waals surface area (Å²) in [6.45, 7) is 0. The van der Waals surface area contributed by atoms with Crippen molar-refractivity contribution in [1.82, 2.24) is 9.88 Å². The first-order valence-electron chi connectivity index (χ1n) is 5.57. The molecule has 0 atom stereocenters. The number of ether oxygens (including phenoxy) is 1. The zero-order chi connectivity index (χ0) is 13.0. The van der Waals surface area contributed by atoms with Gasteiger partial charge in [0.2, 0.25) is 5.88 Å². The second kappa shape index (κ2) is 5.31. The molecule has 2 aromatic rings. The van der Waals surface area contributed by atoms with Gasteiger partial charge in [0, 0.05) is 26.4 Å². The van der Waals surface area contributed by atoms with Gasteiger partial charge in [-0.25, -0.2) is 4.98 Å². The molecular formula is C14H14N2O2. The molecule has 0 saturated carbocycles. The highest BCUT2D eigenvalue weighted by Crippen LogP contribution is 2.18. The molecule has 0 unspecified atom stereocenters. The number of carbonyl (C=O) groups excluding carboxylic acids is 1. The molecular weight excluding hydrogens is 228 g/mol. The number of para-hydroxylation sites is 1. The van der Waals surface area contributed by atoms with Crippen LogP contribution >= 0.6 is 0 Å². The molecule has 0 aliphatic heterocycles. The van der Waals surface area contributed by atoms with E-state index >= 15 is 0 Å². The topological polar surface area (TPSA) is 42.4 Å². The average molecular weight is 242 g/mol. The maximum absolute atomic E-state index is 11.7. The van der Waals surface area contributed by atoms with Gasteiger partial charge in [-0.1, -0.05) is 18.2 Å². The number of nitrogens with zero attached hydrogens (tertiary/aromatic N) is 2. The van der Waals surface area contributed by atoms with Crippen molar-refractivity contribution in [1.29, 1.82) is 0 Å². The van der Waals surface area contributed by atoms with Crippen molar-refractivity contribution >= 4 is 5.91 Å². The third kappa shape index (κ3) is 2.85. The Kier molecular flexibility index (Phi) is 3.57. The lowest BCUT2D eigenvalue weighted by Gasteiger charge is -2.10. The number of amides is 1. The van der Waals surface area contributed by atoms with E-state index in [4.69, 9.17) is 4.74 Å². The van der Waals surface area contributed by atoms with Gasteiger partial charge in [-0.15, -0.1) is 0 Å². The van der Waals surface area contributed by atoms with E-state index in [-0.39, 0.29) is 5.91 Å². The third-order valence-corrected chi connectivity index (χ3v) is 2.36. The van der Waals surface area contributed by atoms with Crippen LogP contribution in [0.25, 0.3) is 0 Å². The number of benzene rings is 1. The van der Waals surface area contributed by atoms with Crippen LogP contribution in [0.15, 0.2) is 48.7 Å². The number of hydrogen-bond donors (Lipinski definition) is 0. The van der Waals surface area contributed by atoms with Crippen LogP contribution in [0.4, 0.5) is 0 Å². The van der Waals surface area contributed by atoms with E-state index in [1.54, 1.807) is 26.2 Å². The highest BCUT2D eigenvalue weighted by molar-refractivity contribution is 5.93. The highest BCUT2D eigenvalue weighted by atomic mass is 16.5. The van der Waals surface area contributed by atoms with Crippen LogP contribution in [0, 0.1) is 0 Å². The van der Waals surface area contributed by atoms with Crippen molar-refractivity contribution in [3.05, 3.63) is 54.2 Å². The van der Waals surface area contributed by atoms with Crippen LogP contribution in [0.1, 0.15) is 10.4 Å². The van der Waals surface area contributed by atoms with Crippen LogP contribution in [0.3, 0.4) is 0 Å². The molecule has 0 fully saturated rings. The van der Waals surface area contributed by atoms with Crippen LogP contribution < -0.4 is 4.74 Å². The Bertz CT molecular complexity index is 521. The SMILES string of the molecule is CN(C)C(=O)c1ccc(Oc2ccccc2)nc1. The second-order valence-electron chi connectivity index (χ2n) is 4.00. The van der Waals surface area contributed by atoms with E-state index in [1.807, 2.05) is 30.3 Å². The van der Waals surface area contributed by atoms with Gasteiger partial charge in [-0.05, 0) is 18.2 Å². The van der Waals surface area contributed by atoms with E-state index in [0.717, 1.165) is 5.75 Å². The van der Waals surface area contributed by atoms with E-state index in [1.165, 1.54) is 11.1 Å². The maximum atomic E-state index is 11.7. The lowest BCUT2D eigenvalue weighted by Crippen LogP contribution is -2.21. The Balaban J connectivity index is 2.11. The Morgan fingerprint density at radius 2 is 1.83 bits per heavy atom. The first-order chi connectivity index (χ1) is 8.66. The van der Waals surface area contributed by atoms with Crippen molar-refractivity contribution in [2.24, 2.45) is 0 Å². The fourth-order valence-electron chi connectivity index (χ4n) is 1.43. The number of aromatic nitrogens is 1. The standard InChI is InChI=1S/C14H14N2O2/c1-16(2)14(17)11-8-9-13(15-10-11)18-12-6-4-3-5-7-12/h3-10H,1-2H3. The number of pyridine rings is 1. The van der Waals surface area contributed by atoms with Crippen LogP contribution in [-0.2, 0) is 0 Å². The molecule has 0 N–H and O–H groups in total. The zero-order valence-electron chi connectivity index (χ0n) is 10.3. The van der Waals surface area contributed by atoms with Crippen LogP contribution in [0.5, 0.6) is 11.6 Å². The first kappa shape index (κ1) is 12.1. The average Bonchev–Trinajstić information content (AvgIpc) is 2.40. The minimum absolute atomic E-state index is 0.0752. The molecule has 4 heteroatoms. The molecule has 2 rings (SSSR count). The largest absolute Gasteiger partial charge is 0.439 e. The molecule has 0 aliphatic carbocycles. The molecule has 0 saturated heterocycles. The Labute approximate surface area is 106 Å². The second-order valence-corrected chi connectivity index (χ2v) is 4.00. The summed E-state index contributed by atoms with van der Waals surface area (Å²) < 4.78 is 5.54. The Morgan fingerprint density at radius 3 is 2.39 bits per heavy atom. The predicted octanol–water partition coefficient (Wildman–Crippen LogP) is 2.58. The minimum Gasteiger partial charge on any atom is -0.439 e. The summed E-state index contributed by atoms with van der Waals surface area (Å²) in [6, 6.07) is 12.8. The Hall–Kier alpha value is -2.36. The molecule has 0 bridgehead atoms. The van der Waals surface area contributed by atoms with Gasteiger partial charge >= 0.3 is 0 Å². The van der Waals surface area contributed by atoms with Crippen LogP contribution in [-0.4, -0.2) is 29.9 Å². The van der Waals surface area contributed by atoms with Gasteiger partial charge < -0.3 is 9.64 Å². The molecule has 92 valence electrons. The van der Waals surface area contributed by atoms with Crippen molar-refractivity contribution in [3.8, 4) is 11.6 Å². The fraction of sp³-hybridized carbons (Fsp3) is 0.143. The fourth-order valence-corrected chi connectivity index (χ4v) is 1.43. The monoisotopic (exact) mass is 242 g/mol. The predicted molar refractivity (Wildman–Crippen MR) is 68.8 cm³/mol. The van der Waals surface area contributed by atoms with E-state index in [9.17, 15) is 4.79 Å². The van der Waals surface area contributed by atoms with Crippen molar-refractivity contribution in [2.45, 2.75) is 0 Å². The van der Waals surface area contributed by atoms with E-state index < -0.39 is 0 Å². The number of rotatable bonds is 3. The van der Waals surface area contributed by atoms with E-state index in [0.29, 0.717) is 11.4 Å². The van der Waals surface area contributed by atoms with Gasteiger partial charge in [0.1, 0.15) is 5.75 Å². The molecule has 4 nitrogen and oxygen atoms in total. The van der Waals surface area contributed by atoms with Gasteiger partial charge in [0.05, 0.1) is 5.56 Å². The summed E-state index contributed by atoms with van der Waals surface area (Å²) in [5.41, 5.74) is 0.542. The minimum atomic E-state index is -0.0752. The lowest BCUT2D eigenvalue weighted by atomic mass is 10.2. The van der Waals surface area contributed by atoms with Gasteiger partial charge in [0.15, 0.2) is 0 Å². The summed E-state index contributed by atoms with van der Waals surface area (Å²) in [4.78, 5) is 17.3. The quantitative estimate of drug-likeness (QED) is 0.830. The molecule has 0 radical (unpaired) electrons. The van der Waals surface area contributed by atoms with Crippen LogP contribution in [0.2, 0.25) is 0 Å². The zero-order valence-corrected chi connectivity index (χ0v) is 10.3. The first-order valence-corrected chi connectivity index (χ1v) is 5.57. The Morgan fingerprint density at radius 1 is 1.11 bits per heavy atom. The summed E-state index contributed by atoms with van der Waals surface area (Å²) in [5, 5.41) is 0. The van der Waals surface area contributed by atoms with Gasteiger partial charge in [-0.2, -0.15) is 0 Å². The number of carbonyl (C=O) groups is 1. The maximum Gasteiger partial charge on any atom is 0.254 e. The smallest absolute Gasteiger partial charge is 0.254 e. The molecule has 1 aromatic heterocycles. The normalized spacial score (nSPS) is 9.89. The summed E-state index contributed by atoms with van der Waals surface area (Å²) in [6.07, 6.45) is 1.51. The highest BCUT2D eigenvalue weighted by Gasteiger charge is 2.08. The summed E-state index contributed by atoms with van der Waals surface area (Å²) in [5.74, 6) is 1.11. The summed E-state index contributed by atoms with van der Waals surface area (Å²) in [7, 11) is 3.41. The third-order valence-electron chi connectivity index (χ3n) is 2.36. The summed E-state index contributed by atoms with van der Waals surface area (Å²) >= 11 is 0. The van der Waals surface area contributed by atoms with Crippen molar-refractivity contribution < 1.29 is 9.53 Å².